The molecule has 2 aromatic heterocycles. The number of nitrogens with one attached hydrogen (secondary N) is 1. The number of benzene rings is 1. The van der Waals surface area contributed by atoms with Crippen LogP contribution < -0.4 is 5.32 Å². The van der Waals surface area contributed by atoms with Gasteiger partial charge in [0.1, 0.15) is 0 Å². The molecular weight excluding hydrogens is 423 g/mol. The normalized spacial score (nSPS) is 16.4. The van der Waals surface area contributed by atoms with Gasteiger partial charge in [-0.05, 0) is 41.5 Å². The van der Waals surface area contributed by atoms with E-state index >= 15 is 0 Å². The fraction of sp³-hybridized carbons (Fsp3) is 0.273. The molecule has 166 valence electrons. The molecule has 1 aromatic carbocycles. The number of carbonyl (C=O) groups is 2. The lowest BCUT2D eigenvalue weighted by Crippen LogP contribution is -2.32. The van der Waals surface area contributed by atoms with Gasteiger partial charge in [-0.1, -0.05) is 12.1 Å². The van der Waals surface area contributed by atoms with Gasteiger partial charge in [0.05, 0.1) is 11.5 Å². The SMILES string of the molecule is O=C(NCc1ccnc(-n2cccn2)c1)[C@H]1CC(=O)N(Cc2cccc(C(F)(F)F)c2)C1. The largest absolute Gasteiger partial charge is 0.416 e. The van der Waals surface area contributed by atoms with E-state index in [1.54, 1.807) is 41.5 Å². The van der Waals surface area contributed by atoms with Gasteiger partial charge >= 0.3 is 6.18 Å². The monoisotopic (exact) mass is 443 g/mol. The lowest BCUT2D eigenvalue weighted by Gasteiger charge is -2.18. The van der Waals surface area contributed by atoms with E-state index in [1.165, 1.54) is 17.0 Å². The van der Waals surface area contributed by atoms with Crippen molar-refractivity contribution in [2.45, 2.75) is 25.7 Å². The highest BCUT2D eigenvalue weighted by Crippen LogP contribution is 2.30. The molecule has 2 amide bonds. The maximum atomic E-state index is 12.9. The number of aromatic nitrogens is 3. The maximum Gasteiger partial charge on any atom is 0.416 e. The number of halogens is 3. The van der Waals surface area contributed by atoms with Crippen molar-refractivity contribution in [2.75, 3.05) is 6.54 Å². The minimum absolute atomic E-state index is 0.0275. The van der Waals surface area contributed by atoms with Crippen LogP contribution in [0.25, 0.3) is 5.82 Å². The van der Waals surface area contributed by atoms with Gasteiger partial charge < -0.3 is 10.2 Å². The molecule has 0 unspecified atom stereocenters. The predicted octanol–water partition coefficient (Wildman–Crippen LogP) is 2.95. The standard InChI is InChI=1S/C22H20F3N5O2/c23-22(24,25)18-4-1-3-16(9-18)13-29-14-17(11-20(29)31)21(32)27-12-15-5-7-26-19(10-15)30-8-2-6-28-30/h1-10,17H,11-14H2,(H,27,32)/t17-/m0/s1. The Hall–Kier alpha value is -3.69. The van der Waals surface area contributed by atoms with Crippen molar-refractivity contribution in [3.63, 3.8) is 0 Å². The van der Waals surface area contributed by atoms with Gasteiger partial charge in [0.25, 0.3) is 0 Å². The molecule has 32 heavy (non-hydrogen) atoms. The zero-order valence-corrected chi connectivity index (χ0v) is 16.9. The molecule has 1 fully saturated rings. The summed E-state index contributed by atoms with van der Waals surface area (Å²) in [6.45, 7) is 0.452. The van der Waals surface area contributed by atoms with E-state index < -0.39 is 17.7 Å². The predicted molar refractivity (Wildman–Crippen MR) is 108 cm³/mol. The highest BCUT2D eigenvalue weighted by molar-refractivity contribution is 5.89. The first kappa shape index (κ1) is 21.5. The molecule has 3 heterocycles. The molecule has 1 atom stereocenters. The van der Waals surface area contributed by atoms with Gasteiger partial charge in [0.15, 0.2) is 5.82 Å². The quantitative estimate of drug-likeness (QED) is 0.635. The van der Waals surface area contributed by atoms with Crippen LogP contribution in [-0.2, 0) is 28.9 Å². The smallest absolute Gasteiger partial charge is 0.352 e. The second-order valence-corrected chi connectivity index (χ2v) is 7.56. The molecule has 7 nitrogen and oxygen atoms in total. The van der Waals surface area contributed by atoms with Crippen LogP contribution in [0.3, 0.4) is 0 Å². The summed E-state index contributed by atoms with van der Waals surface area (Å²) in [5.41, 5.74) is 0.434. The van der Waals surface area contributed by atoms with Crippen molar-refractivity contribution in [3.05, 3.63) is 77.7 Å². The van der Waals surface area contributed by atoms with Crippen LogP contribution in [0.2, 0.25) is 0 Å². The number of rotatable bonds is 6. The molecule has 1 aliphatic heterocycles. The van der Waals surface area contributed by atoms with Gasteiger partial charge in [0.2, 0.25) is 11.8 Å². The van der Waals surface area contributed by atoms with Crippen LogP contribution in [0.1, 0.15) is 23.1 Å². The van der Waals surface area contributed by atoms with E-state index in [-0.39, 0.29) is 37.9 Å². The summed E-state index contributed by atoms with van der Waals surface area (Å²) in [5, 5.41) is 6.94. The van der Waals surface area contributed by atoms with Crippen LogP contribution >= 0.6 is 0 Å². The molecule has 0 spiro atoms. The van der Waals surface area contributed by atoms with Crippen LogP contribution in [-0.4, -0.2) is 38.0 Å². The third kappa shape index (κ3) is 4.96. The van der Waals surface area contributed by atoms with E-state index in [0.717, 1.165) is 17.7 Å². The molecule has 10 heteroatoms. The topological polar surface area (TPSA) is 80.1 Å². The van der Waals surface area contributed by atoms with Crippen LogP contribution in [0, 0.1) is 5.92 Å². The van der Waals surface area contributed by atoms with E-state index in [1.807, 2.05) is 0 Å². The first-order valence-corrected chi connectivity index (χ1v) is 9.96. The Bertz CT molecular complexity index is 1110. The van der Waals surface area contributed by atoms with E-state index in [9.17, 15) is 22.8 Å². The Morgan fingerprint density at radius 3 is 2.72 bits per heavy atom. The number of likely N-dealkylation sites (tertiary alicyclic amines) is 1. The summed E-state index contributed by atoms with van der Waals surface area (Å²) in [6, 6.07) is 10.2. The molecule has 4 rings (SSSR count). The van der Waals surface area contributed by atoms with Gasteiger partial charge in [0, 0.05) is 44.6 Å². The Morgan fingerprint density at radius 1 is 1.12 bits per heavy atom. The molecule has 1 N–H and O–H groups in total. The summed E-state index contributed by atoms with van der Waals surface area (Å²) in [6.07, 6.45) is 0.595. The number of pyridine rings is 1. The molecule has 0 bridgehead atoms. The van der Waals surface area contributed by atoms with Crippen molar-refractivity contribution in [1.82, 2.24) is 25.0 Å². The third-order valence-electron chi connectivity index (χ3n) is 5.23. The molecule has 1 aliphatic rings. The van der Waals surface area contributed by atoms with Crippen molar-refractivity contribution in [1.29, 1.82) is 0 Å². The summed E-state index contributed by atoms with van der Waals surface area (Å²) in [4.78, 5) is 30.6. The second kappa shape index (κ2) is 8.81. The first-order chi connectivity index (χ1) is 15.3. The van der Waals surface area contributed by atoms with Gasteiger partial charge in [-0.3, -0.25) is 9.59 Å². The molecule has 0 saturated carbocycles. The van der Waals surface area contributed by atoms with Crippen LogP contribution in [0.4, 0.5) is 13.2 Å². The number of amides is 2. The molecular formula is C22H20F3N5O2. The van der Waals surface area contributed by atoms with Crippen molar-refractivity contribution >= 4 is 11.8 Å². The molecule has 0 aliphatic carbocycles. The minimum Gasteiger partial charge on any atom is -0.352 e. The van der Waals surface area contributed by atoms with E-state index in [2.05, 4.69) is 15.4 Å². The Kier molecular flexibility index (Phi) is 5.93. The summed E-state index contributed by atoms with van der Waals surface area (Å²) in [5.74, 6) is -0.472. The summed E-state index contributed by atoms with van der Waals surface area (Å²) >= 11 is 0. The fourth-order valence-corrected chi connectivity index (χ4v) is 3.60. The van der Waals surface area contributed by atoms with Crippen LogP contribution in [0.15, 0.2) is 61.1 Å². The minimum atomic E-state index is -4.45. The van der Waals surface area contributed by atoms with Gasteiger partial charge in [-0.25, -0.2) is 9.67 Å². The van der Waals surface area contributed by atoms with Gasteiger partial charge in [-0.15, -0.1) is 0 Å². The zero-order chi connectivity index (χ0) is 22.7. The fourth-order valence-electron chi connectivity index (χ4n) is 3.60. The maximum absolute atomic E-state index is 12.9. The molecule has 0 radical (unpaired) electrons. The van der Waals surface area contributed by atoms with Crippen molar-refractivity contribution < 1.29 is 22.8 Å². The van der Waals surface area contributed by atoms with Gasteiger partial charge in [-0.2, -0.15) is 18.3 Å². The second-order valence-electron chi connectivity index (χ2n) is 7.56. The average molecular weight is 443 g/mol. The number of hydrogen-bond acceptors (Lipinski definition) is 4. The third-order valence-corrected chi connectivity index (χ3v) is 5.23. The van der Waals surface area contributed by atoms with Crippen LogP contribution in [0.5, 0.6) is 0 Å². The van der Waals surface area contributed by atoms with E-state index in [4.69, 9.17) is 0 Å². The Labute approximate surface area is 181 Å². The van der Waals surface area contributed by atoms with E-state index in [0.29, 0.717) is 11.4 Å². The molecule has 3 aromatic rings. The number of alkyl halides is 3. The number of hydrogen-bond donors (Lipinski definition) is 1. The number of nitrogens with zero attached hydrogens (tertiary/aromatic N) is 4. The van der Waals surface area contributed by atoms with Crippen molar-refractivity contribution in [3.8, 4) is 5.82 Å². The highest BCUT2D eigenvalue weighted by Gasteiger charge is 2.35. The number of carbonyl (C=O) groups excluding carboxylic acids is 2. The summed E-state index contributed by atoms with van der Waals surface area (Å²) in [7, 11) is 0. The lowest BCUT2D eigenvalue weighted by atomic mass is 10.1. The Balaban J connectivity index is 1.34. The zero-order valence-electron chi connectivity index (χ0n) is 16.9. The lowest BCUT2D eigenvalue weighted by molar-refractivity contribution is -0.137. The first-order valence-electron chi connectivity index (χ1n) is 9.96. The molecule has 1 saturated heterocycles. The average Bonchev–Trinajstić information content (AvgIpc) is 3.43. The van der Waals surface area contributed by atoms with Crippen molar-refractivity contribution in [2.24, 2.45) is 5.92 Å². The summed E-state index contributed by atoms with van der Waals surface area (Å²) < 4.78 is 40.3. The highest BCUT2D eigenvalue weighted by atomic mass is 19.4. The Morgan fingerprint density at radius 2 is 1.97 bits per heavy atom.